The van der Waals surface area contributed by atoms with Crippen molar-refractivity contribution in [3.05, 3.63) is 88.4 Å². The summed E-state index contributed by atoms with van der Waals surface area (Å²) in [5.41, 5.74) is 3.28. The van der Waals surface area contributed by atoms with Crippen LogP contribution in [0, 0.1) is 0 Å². The lowest BCUT2D eigenvalue weighted by atomic mass is 9.88. The van der Waals surface area contributed by atoms with Gasteiger partial charge in [-0.25, -0.2) is 4.79 Å². The fourth-order valence-electron chi connectivity index (χ4n) is 3.64. The molecule has 4 heteroatoms. The molecule has 2 aromatic carbocycles. The maximum atomic E-state index is 11.8. The monoisotopic (exact) mass is 401 g/mol. The Morgan fingerprint density at radius 3 is 2.50 bits per heavy atom. The number of hydrogen-bond acceptors (Lipinski definition) is 3. The second-order valence-electron chi connectivity index (χ2n) is 7.05. The molecule has 0 saturated heterocycles. The minimum Gasteiger partial charge on any atom is -0.478 e. The normalized spacial score (nSPS) is 12.9. The Labute approximate surface area is 177 Å². The van der Waals surface area contributed by atoms with Crippen LogP contribution in [0.1, 0.15) is 26.3 Å². The van der Waals surface area contributed by atoms with Crippen LogP contribution in [0.3, 0.4) is 0 Å². The predicted octanol–water partition coefficient (Wildman–Crippen LogP) is 4.39. The maximum Gasteiger partial charge on any atom is 0.335 e. The van der Waals surface area contributed by atoms with Crippen molar-refractivity contribution in [2.75, 3.05) is 18.0 Å². The Bertz CT molecular complexity index is 1170. The molecule has 30 heavy (non-hydrogen) atoms. The van der Waals surface area contributed by atoms with Gasteiger partial charge in [0.25, 0.3) is 0 Å². The molecule has 2 aromatic rings. The van der Waals surface area contributed by atoms with Crippen molar-refractivity contribution in [3.8, 4) is 11.5 Å². The van der Waals surface area contributed by atoms with E-state index in [4.69, 9.17) is 4.74 Å². The highest BCUT2D eigenvalue weighted by Gasteiger charge is 2.25. The van der Waals surface area contributed by atoms with Crippen LogP contribution in [0.2, 0.25) is 0 Å². The summed E-state index contributed by atoms with van der Waals surface area (Å²) in [7, 11) is 0. The van der Waals surface area contributed by atoms with Gasteiger partial charge >= 0.3 is 5.97 Å². The number of carbonyl (C=O) groups is 1. The summed E-state index contributed by atoms with van der Waals surface area (Å²) in [4.78, 5) is 14.1. The second-order valence-corrected chi connectivity index (χ2v) is 7.05. The first-order chi connectivity index (χ1) is 14.4. The lowest BCUT2D eigenvalue weighted by molar-refractivity contribution is -0.132. The van der Waals surface area contributed by atoms with Gasteiger partial charge in [0.15, 0.2) is 0 Å². The third-order valence-corrected chi connectivity index (χ3v) is 5.21. The molecule has 1 N–H and O–H groups in total. The molecule has 0 fully saturated rings. The first-order valence-electron chi connectivity index (χ1n) is 10.1. The van der Waals surface area contributed by atoms with E-state index in [0.717, 1.165) is 40.4 Å². The average molecular weight is 402 g/mol. The van der Waals surface area contributed by atoms with Gasteiger partial charge in [0, 0.05) is 41.2 Å². The Kier molecular flexibility index (Phi) is 6.26. The molecule has 0 atom stereocenters. The van der Waals surface area contributed by atoms with Crippen molar-refractivity contribution >= 4 is 23.8 Å². The van der Waals surface area contributed by atoms with Crippen molar-refractivity contribution in [3.63, 3.8) is 0 Å². The number of carboxylic acid groups (broad SMARTS) is 1. The Morgan fingerprint density at radius 2 is 1.87 bits per heavy atom. The zero-order valence-electron chi connectivity index (χ0n) is 17.7. The minimum absolute atomic E-state index is 0.0356. The van der Waals surface area contributed by atoms with Crippen LogP contribution in [0.5, 0.6) is 11.5 Å². The van der Waals surface area contributed by atoms with Gasteiger partial charge in [-0.3, -0.25) is 0 Å². The van der Waals surface area contributed by atoms with E-state index in [0.29, 0.717) is 17.1 Å². The summed E-state index contributed by atoms with van der Waals surface area (Å²) in [5.74, 6) is 0.296. The third-order valence-electron chi connectivity index (χ3n) is 5.21. The van der Waals surface area contributed by atoms with Gasteiger partial charge in [-0.2, -0.15) is 0 Å². The zero-order chi connectivity index (χ0) is 21.8. The molecule has 0 radical (unpaired) electrons. The molecule has 1 aliphatic rings. The summed E-state index contributed by atoms with van der Waals surface area (Å²) in [6, 6.07) is 11.8. The second kappa shape index (κ2) is 8.87. The molecule has 0 unspecified atom stereocenters. The number of fused-ring (bicyclic) bond motifs is 2. The molecule has 0 saturated carbocycles. The van der Waals surface area contributed by atoms with Gasteiger partial charge in [0.1, 0.15) is 11.5 Å². The number of allylic oxidation sites excluding steroid dienone is 3. The first-order valence-corrected chi connectivity index (χ1v) is 10.1. The lowest BCUT2D eigenvalue weighted by Crippen LogP contribution is -2.23. The van der Waals surface area contributed by atoms with Crippen LogP contribution in [-0.4, -0.2) is 24.2 Å². The summed E-state index contributed by atoms with van der Waals surface area (Å²) in [5, 5.41) is 11.3. The van der Waals surface area contributed by atoms with Crippen LogP contribution in [0.25, 0.3) is 12.2 Å². The Hall–Kier alpha value is -3.53. The van der Waals surface area contributed by atoms with Crippen molar-refractivity contribution < 1.29 is 14.6 Å². The smallest absolute Gasteiger partial charge is 0.335 e. The molecule has 0 aromatic heterocycles. The molecular formula is C26H27NO3. The molecule has 1 heterocycles. The molecule has 0 bridgehead atoms. The number of ether oxygens (including phenoxy) is 1. The van der Waals surface area contributed by atoms with E-state index in [1.165, 1.54) is 0 Å². The summed E-state index contributed by atoms with van der Waals surface area (Å²) < 4.78 is 6.25. The fraction of sp³-hybridized carbons (Fsp3) is 0.192. The molecular weight excluding hydrogens is 374 g/mol. The van der Waals surface area contributed by atoms with Gasteiger partial charge in [0.2, 0.25) is 0 Å². The molecule has 0 aliphatic carbocycles. The van der Waals surface area contributed by atoms with Gasteiger partial charge < -0.3 is 14.7 Å². The number of carboxylic acids is 1. The van der Waals surface area contributed by atoms with E-state index < -0.39 is 5.97 Å². The van der Waals surface area contributed by atoms with E-state index in [1.54, 1.807) is 6.08 Å². The Balaban J connectivity index is 2.36. The van der Waals surface area contributed by atoms with Crippen LogP contribution in [-0.2, 0) is 4.79 Å². The van der Waals surface area contributed by atoms with Crippen molar-refractivity contribution in [1.82, 2.24) is 0 Å². The van der Waals surface area contributed by atoms with E-state index in [2.05, 4.69) is 31.9 Å². The molecule has 0 amide bonds. The van der Waals surface area contributed by atoms with Crippen molar-refractivity contribution in [1.29, 1.82) is 0 Å². The largest absolute Gasteiger partial charge is 0.478 e. The van der Waals surface area contributed by atoms with E-state index >= 15 is 0 Å². The SMILES string of the molecule is C=C(C(=O)O)/C(=C\C=C/C)C1=c2ccc(=C)cc2Oc2cc(N(CC)CC)ccc21. The number of hydrogen-bond donors (Lipinski definition) is 1. The predicted molar refractivity (Wildman–Crippen MR) is 123 cm³/mol. The first kappa shape index (κ1) is 21.2. The highest BCUT2D eigenvalue weighted by Crippen LogP contribution is 2.39. The summed E-state index contributed by atoms with van der Waals surface area (Å²) in [6.45, 7) is 15.7. The highest BCUT2D eigenvalue weighted by molar-refractivity contribution is 6.01. The van der Waals surface area contributed by atoms with Crippen LogP contribution < -0.4 is 20.1 Å². The van der Waals surface area contributed by atoms with Crippen LogP contribution in [0.15, 0.2) is 72.4 Å². The average Bonchev–Trinajstić information content (AvgIpc) is 2.73. The maximum absolute atomic E-state index is 11.8. The molecule has 1 aliphatic heterocycles. The third kappa shape index (κ3) is 3.94. The summed E-state index contributed by atoms with van der Waals surface area (Å²) in [6.07, 6.45) is 5.48. The number of rotatable bonds is 7. The van der Waals surface area contributed by atoms with E-state index in [-0.39, 0.29) is 5.57 Å². The minimum atomic E-state index is -1.05. The summed E-state index contributed by atoms with van der Waals surface area (Å²) >= 11 is 0. The fourth-order valence-corrected chi connectivity index (χ4v) is 3.64. The van der Waals surface area contributed by atoms with E-state index in [1.807, 2.05) is 55.5 Å². The molecule has 4 nitrogen and oxygen atoms in total. The van der Waals surface area contributed by atoms with Crippen molar-refractivity contribution in [2.45, 2.75) is 20.8 Å². The van der Waals surface area contributed by atoms with Crippen LogP contribution in [0.4, 0.5) is 5.69 Å². The van der Waals surface area contributed by atoms with Crippen molar-refractivity contribution in [2.24, 2.45) is 0 Å². The topological polar surface area (TPSA) is 49.8 Å². The Morgan fingerprint density at radius 1 is 1.13 bits per heavy atom. The number of nitrogens with zero attached hydrogens (tertiary/aromatic N) is 1. The number of benzene rings is 2. The zero-order valence-corrected chi connectivity index (χ0v) is 17.7. The van der Waals surface area contributed by atoms with Crippen LogP contribution >= 0.6 is 0 Å². The van der Waals surface area contributed by atoms with Gasteiger partial charge in [0.05, 0.1) is 5.57 Å². The standard InChI is InChI=1S/C26H27NO3/c1-6-9-10-20(18(5)26(28)29)25-21-13-11-17(4)15-23(21)30-24-16-19(12-14-22(24)25)27(7-2)8-3/h6,9-16H,4-5,7-8H2,1-3H3,(H,28,29)/b9-6-,20-10+. The van der Waals surface area contributed by atoms with Gasteiger partial charge in [-0.05, 0) is 49.8 Å². The molecule has 3 rings (SSSR count). The molecule has 154 valence electrons. The molecule has 0 spiro atoms. The van der Waals surface area contributed by atoms with E-state index in [9.17, 15) is 9.90 Å². The van der Waals surface area contributed by atoms with Gasteiger partial charge in [-0.15, -0.1) is 0 Å². The quantitative estimate of drug-likeness (QED) is 0.552. The lowest BCUT2D eigenvalue weighted by Gasteiger charge is -2.26. The van der Waals surface area contributed by atoms with Gasteiger partial charge in [-0.1, -0.05) is 43.5 Å². The highest BCUT2D eigenvalue weighted by atomic mass is 16.5. The number of aliphatic carboxylic acids is 1. The number of anilines is 1.